The first-order valence-corrected chi connectivity index (χ1v) is 5.46. The van der Waals surface area contributed by atoms with Gasteiger partial charge in [-0.05, 0) is 26.0 Å². The number of carbonyl (C=O) groups is 2. The summed E-state index contributed by atoms with van der Waals surface area (Å²) >= 11 is 5.65. The van der Waals surface area contributed by atoms with Crippen LogP contribution in [-0.2, 0) is 4.79 Å². The van der Waals surface area contributed by atoms with Gasteiger partial charge in [-0.3, -0.25) is 9.59 Å². The fourth-order valence-electron chi connectivity index (χ4n) is 1.15. The Kier molecular flexibility index (Phi) is 4.45. The third-order valence-corrected chi connectivity index (χ3v) is 2.66. The lowest BCUT2D eigenvalue weighted by atomic mass is 10.0. The molecule has 0 aliphatic carbocycles. The molecule has 17 heavy (non-hydrogen) atoms. The van der Waals surface area contributed by atoms with Gasteiger partial charge in [-0.25, -0.2) is 4.98 Å². The van der Waals surface area contributed by atoms with E-state index in [9.17, 15) is 9.59 Å². The van der Waals surface area contributed by atoms with Crippen LogP contribution in [0.5, 0.6) is 0 Å². The molecule has 0 radical (unpaired) electrons. The van der Waals surface area contributed by atoms with E-state index in [1.165, 1.54) is 13.0 Å². The lowest BCUT2D eigenvalue weighted by Gasteiger charge is -2.17. The van der Waals surface area contributed by atoms with Crippen molar-refractivity contribution in [3.05, 3.63) is 29.0 Å². The Bertz CT molecular complexity index is 436. The van der Waals surface area contributed by atoms with Gasteiger partial charge >= 0.3 is 5.97 Å². The molecule has 0 saturated heterocycles. The van der Waals surface area contributed by atoms with E-state index in [4.69, 9.17) is 16.7 Å². The molecule has 1 rings (SSSR count). The average molecular weight is 257 g/mol. The van der Waals surface area contributed by atoms with Gasteiger partial charge in [-0.1, -0.05) is 17.7 Å². The zero-order chi connectivity index (χ0) is 13.0. The largest absolute Gasteiger partial charge is 0.481 e. The predicted molar refractivity (Wildman–Crippen MR) is 63.0 cm³/mol. The number of rotatable bonds is 4. The van der Waals surface area contributed by atoms with Crippen molar-refractivity contribution in [1.29, 1.82) is 0 Å². The third kappa shape index (κ3) is 3.71. The molecule has 92 valence electrons. The molecule has 5 nitrogen and oxygen atoms in total. The van der Waals surface area contributed by atoms with Crippen LogP contribution < -0.4 is 5.32 Å². The summed E-state index contributed by atoms with van der Waals surface area (Å²) in [7, 11) is 0. The van der Waals surface area contributed by atoms with E-state index < -0.39 is 23.8 Å². The van der Waals surface area contributed by atoms with E-state index in [-0.39, 0.29) is 10.8 Å². The number of hydrogen-bond donors (Lipinski definition) is 2. The van der Waals surface area contributed by atoms with Crippen LogP contribution in [0.1, 0.15) is 24.3 Å². The highest BCUT2D eigenvalue weighted by Crippen LogP contribution is 2.07. The van der Waals surface area contributed by atoms with E-state index in [1.54, 1.807) is 19.1 Å². The Hall–Kier alpha value is -1.62. The summed E-state index contributed by atoms with van der Waals surface area (Å²) in [5, 5.41) is 11.6. The maximum absolute atomic E-state index is 11.7. The molecule has 1 aromatic heterocycles. The summed E-state index contributed by atoms with van der Waals surface area (Å²) in [6.45, 7) is 3.15. The van der Waals surface area contributed by atoms with Crippen LogP contribution >= 0.6 is 11.6 Å². The van der Waals surface area contributed by atoms with Crippen LogP contribution in [-0.4, -0.2) is 28.0 Å². The van der Waals surface area contributed by atoms with Gasteiger partial charge in [-0.15, -0.1) is 0 Å². The Morgan fingerprint density at radius 2 is 2.06 bits per heavy atom. The lowest BCUT2D eigenvalue weighted by Crippen LogP contribution is -2.40. The standard InChI is InChI=1S/C11H13ClN2O3/c1-6(11(16)17)7(2)13-10(15)8-4-3-5-9(12)14-8/h3-7H,1-2H3,(H,13,15)(H,16,17). The van der Waals surface area contributed by atoms with Crippen LogP contribution in [0.25, 0.3) is 0 Å². The van der Waals surface area contributed by atoms with E-state index in [0.29, 0.717) is 0 Å². The molecule has 0 bridgehead atoms. The second-order valence-electron chi connectivity index (χ2n) is 3.73. The number of hydrogen-bond acceptors (Lipinski definition) is 3. The smallest absolute Gasteiger partial charge is 0.308 e. The minimum absolute atomic E-state index is 0.168. The first kappa shape index (κ1) is 13.4. The minimum Gasteiger partial charge on any atom is -0.481 e. The van der Waals surface area contributed by atoms with E-state index in [1.807, 2.05) is 0 Å². The van der Waals surface area contributed by atoms with Gasteiger partial charge in [0.1, 0.15) is 10.8 Å². The van der Waals surface area contributed by atoms with Crippen LogP contribution in [0.15, 0.2) is 18.2 Å². The van der Waals surface area contributed by atoms with Gasteiger partial charge in [0, 0.05) is 6.04 Å². The zero-order valence-electron chi connectivity index (χ0n) is 9.48. The first-order valence-electron chi connectivity index (χ1n) is 5.08. The summed E-state index contributed by atoms with van der Waals surface area (Å²) < 4.78 is 0. The van der Waals surface area contributed by atoms with Crippen molar-refractivity contribution in [2.24, 2.45) is 5.92 Å². The molecular weight excluding hydrogens is 244 g/mol. The second-order valence-corrected chi connectivity index (χ2v) is 4.12. The quantitative estimate of drug-likeness (QED) is 0.802. The highest BCUT2D eigenvalue weighted by molar-refractivity contribution is 6.29. The maximum atomic E-state index is 11.7. The number of aromatic nitrogens is 1. The van der Waals surface area contributed by atoms with Crippen molar-refractivity contribution in [3.63, 3.8) is 0 Å². The zero-order valence-corrected chi connectivity index (χ0v) is 10.2. The molecule has 0 aliphatic rings. The molecule has 2 N–H and O–H groups in total. The number of carboxylic acid groups (broad SMARTS) is 1. The van der Waals surface area contributed by atoms with E-state index in [2.05, 4.69) is 10.3 Å². The minimum atomic E-state index is -0.961. The number of carbonyl (C=O) groups excluding carboxylic acids is 1. The number of nitrogens with zero attached hydrogens (tertiary/aromatic N) is 1. The second kappa shape index (κ2) is 5.63. The summed E-state index contributed by atoms with van der Waals surface area (Å²) in [6.07, 6.45) is 0. The Morgan fingerprint density at radius 3 is 2.59 bits per heavy atom. The normalized spacial score (nSPS) is 13.8. The van der Waals surface area contributed by atoms with Gasteiger partial charge in [0.15, 0.2) is 0 Å². The molecule has 0 saturated carbocycles. The van der Waals surface area contributed by atoms with Gasteiger partial charge in [-0.2, -0.15) is 0 Å². The Morgan fingerprint density at radius 1 is 1.41 bits per heavy atom. The molecule has 0 fully saturated rings. The van der Waals surface area contributed by atoms with Crippen molar-refractivity contribution < 1.29 is 14.7 Å². The molecule has 6 heteroatoms. The monoisotopic (exact) mass is 256 g/mol. The fraction of sp³-hybridized carbons (Fsp3) is 0.364. The third-order valence-electron chi connectivity index (χ3n) is 2.45. The van der Waals surface area contributed by atoms with Crippen molar-refractivity contribution >= 4 is 23.5 Å². The molecule has 2 atom stereocenters. The summed E-state index contributed by atoms with van der Waals surface area (Å²) in [5.41, 5.74) is 0.168. The number of carboxylic acids is 1. The molecule has 0 aliphatic heterocycles. The van der Waals surface area contributed by atoms with Gasteiger partial charge < -0.3 is 10.4 Å². The summed E-state index contributed by atoms with van der Waals surface area (Å²) in [6, 6.07) is 4.19. The number of aliphatic carboxylic acids is 1. The molecule has 1 heterocycles. The van der Waals surface area contributed by atoms with Crippen LogP contribution in [0.4, 0.5) is 0 Å². The van der Waals surface area contributed by atoms with Crippen LogP contribution in [0.2, 0.25) is 5.15 Å². The van der Waals surface area contributed by atoms with E-state index in [0.717, 1.165) is 0 Å². The molecule has 0 spiro atoms. The Balaban J connectivity index is 2.70. The maximum Gasteiger partial charge on any atom is 0.308 e. The van der Waals surface area contributed by atoms with Crippen molar-refractivity contribution in [3.8, 4) is 0 Å². The van der Waals surface area contributed by atoms with Gasteiger partial charge in [0.25, 0.3) is 5.91 Å². The molecule has 1 aromatic rings. The number of nitrogens with one attached hydrogen (secondary N) is 1. The molecule has 2 unspecified atom stereocenters. The fourth-order valence-corrected chi connectivity index (χ4v) is 1.32. The van der Waals surface area contributed by atoms with Crippen molar-refractivity contribution in [1.82, 2.24) is 10.3 Å². The number of pyridine rings is 1. The first-order chi connectivity index (χ1) is 7.91. The highest BCUT2D eigenvalue weighted by atomic mass is 35.5. The van der Waals surface area contributed by atoms with Gasteiger partial charge in [0.2, 0.25) is 0 Å². The number of amides is 1. The molecule has 0 aromatic carbocycles. The lowest BCUT2D eigenvalue weighted by molar-refractivity contribution is -0.141. The van der Waals surface area contributed by atoms with Gasteiger partial charge in [0.05, 0.1) is 5.92 Å². The SMILES string of the molecule is CC(NC(=O)c1cccc(Cl)n1)C(C)C(=O)O. The average Bonchev–Trinajstić information content (AvgIpc) is 2.27. The molecule has 1 amide bonds. The van der Waals surface area contributed by atoms with E-state index >= 15 is 0 Å². The highest BCUT2D eigenvalue weighted by Gasteiger charge is 2.21. The van der Waals surface area contributed by atoms with Crippen molar-refractivity contribution in [2.45, 2.75) is 19.9 Å². The van der Waals surface area contributed by atoms with Crippen LogP contribution in [0.3, 0.4) is 0 Å². The summed E-state index contributed by atoms with van der Waals surface area (Å²) in [4.78, 5) is 26.3. The Labute approximate surface area is 104 Å². The number of halogens is 1. The summed E-state index contributed by atoms with van der Waals surface area (Å²) in [5.74, 6) is -2.07. The topological polar surface area (TPSA) is 79.3 Å². The van der Waals surface area contributed by atoms with Crippen molar-refractivity contribution in [2.75, 3.05) is 0 Å². The molecular formula is C11H13ClN2O3. The van der Waals surface area contributed by atoms with Crippen LogP contribution in [0, 0.1) is 5.92 Å². The predicted octanol–water partition coefficient (Wildman–Crippen LogP) is 1.57.